The predicted molar refractivity (Wildman–Crippen MR) is 90.7 cm³/mol. The Morgan fingerprint density at radius 3 is 2.46 bits per heavy atom. The van der Waals surface area contributed by atoms with Crippen molar-refractivity contribution < 1.29 is 9.53 Å². The third-order valence-electron chi connectivity index (χ3n) is 3.89. The molecule has 0 spiro atoms. The van der Waals surface area contributed by atoms with Crippen molar-refractivity contribution in [1.29, 1.82) is 0 Å². The molecule has 1 N–H and O–H groups in total. The van der Waals surface area contributed by atoms with Crippen LogP contribution in [-0.2, 0) is 11.2 Å². The second-order valence-corrected chi connectivity index (χ2v) is 5.57. The van der Waals surface area contributed by atoms with Gasteiger partial charge < -0.3 is 10.1 Å². The molecule has 118 valence electrons. The Bertz CT molecular complexity index is 838. The Morgan fingerprint density at radius 1 is 1.00 bits per heavy atom. The van der Waals surface area contributed by atoms with Gasteiger partial charge in [-0.2, -0.15) is 0 Å². The first-order valence-corrected chi connectivity index (χ1v) is 7.72. The summed E-state index contributed by atoms with van der Waals surface area (Å²) >= 11 is 0. The van der Waals surface area contributed by atoms with E-state index < -0.39 is 6.10 Å². The van der Waals surface area contributed by atoms with Gasteiger partial charge in [0.05, 0.1) is 18.1 Å². The van der Waals surface area contributed by atoms with Gasteiger partial charge in [-0.15, -0.1) is 0 Å². The molecule has 2 aromatic carbocycles. The highest BCUT2D eigenvalue weighted by atomic mass is 16.5. The second-order valence-electron chi connectivity index (χ2n) is 5.57. The molecular weight excluding hydrogens is 302 g/mol. The molecular formula is C19H15N3O2. The summed E-state index contributed by atoms with van der Waals surface area (Å²) in [6.45, 7) is 0. The third-order valence-corrected chi connectivity index (χ3v) is 3.89. The number of carbonyl (C=O) groups excluding carboxylic acids is 1. The maximum absolute atomic E-state index is 12.3. The zero-order valence-corrected chi connectivity index (χ0v) is 12.8. The first-order chi connectivity index (χ1) is 11.8. The number of rotatable bonds is 3. The third kappa shape index (κ3) is 2.84. The molecule has 4 rings (SSSR count). The Kier molecular flexibility index (Phi) is 3.67. The van der Waals surface area contributed by atoms with Crippen LogP contribution in [-0.4, -0.2) is 22.0 Å². The number of nitrogens with zero attached hydrogens (tertiary/aromatic N) is 2. The maximum Gasteiger partial charge on any atom is 0.265 e. The van der Waals surface area contributed by atoms with E-state index in [2.05, 4.69) is 15.3 Å². The van der Waals surface area contributed by atoms with E-state index in [0.29, 0.717) is 17.9 Å². The van der Waals surface area contributed by atoms with E-state index in [1.165, 1.54) is 0 Å². The van der Waals surface area contributed by atoms with Crippen LogP contribution in [0, 0.1) is 0 Å². The smallest absolute Gasteiger partial charge is 0.265 e. The molecule has 0 bridgehead atoms. The molecule has 0 unspecified atom stereocenters. The van der Waals surface area contributed by atoms with E-state index in [-0.39, 0.29) is 5.91 Å². The number of benzene rings is 2. The lowest BCUT2D eigenvalue weighted by atomic mass is 10.1. The molecule has 1 aromatic heterocycles. The number of anilines is 1. The first kappa shape index (κ1) is 14.4. The molecule has 0 aliphatic carbocycles. The van der Waals surface area contributed by atoms with Crippen molar-refractivity contribution >= 4 is 11.6 Å². The van der Waals surface area contributed by atoms with Gasteiger partial charge >= 0.3 is 0 Å². The van der Waals surface area contributed by atoms with Gasteiger partial charge in [-0.05, 0) is 11.6 Å². The molecule has 1 amide bonds. The van der Waals surface area contributed by atoms with Gasteiger partial charge in [0, 0.05) is 12.0 Å². The van der Waals surface area contributed by atoms with Crippen molar-refractivity contribution in [2.24, 2.45) is 0 Å². The zero-order chi connectivity index (χ0) is 16.4. The monoisotopic (exact) mass is 317 g/mol. The SMILES string of the molecule is O=C(Nc1cnc(-c2ccccc2)nc1)[C@H]1Cc2ccccc2O1. The second kappa shape index (κ2) is 6.12. The highest BCUT2D eigenvalue weighted by Gasteiger charge is 2.28. The standard InChI is InChI=1S/C19H15N3O2/c23-19(17-10-14-8-4-5-9-16(14)24-17)22-15-11-20-18(21-12-15)13-6-2-1-3-7-13/h1-9,11-12,17H,10H2,(H,22,23)/t17-/m1/s1. The number of carbonyl (C=O) groups is 1. The van der Waals surface area contributed by atoms with Crippen LogP contribution in [0.3, 0.4) is 0 Å². The number of para-hydroxylation sites is 1. The summed E-state index contributed by atoms with van der Waals surface area (Å²) in [5, 5.41) is 2.81. The fraction of sp³-hybridized carbons (Fsp3) is 0.105. The number of hydrogen-bond acceptors (Lipinski definition) is 4. The topological polar surface area (TPSA) is 64.1 Å². The lowest BCUT2D eigenvalue weighted by Gasteiger charge is -2.11. The molecule has 24 heavy (non-hydrogen) atoms. The van der Waals surface area contributed by atoms with Crippen LogP contribution in [0.4, 0.5) is 5.69 Å². The summed E-state index contributed by atoms with van der Waals surface area (Å²) < 4.78 is 5.68. The van der Waals surface area contributed by atoms with Crippen LogP contribution < -0.4 is 10.1 Å². The Hall–Kier alpha value is -3.21. The number of fused-ring (bicyclic) bond motifs is 1. The van der Waals surface area contributed by atoms with E-state index in [1.807, 2.05) is 54.6 Å². The summed E-state index contributed by atoms with van der Waals surface area (Å²) in [5.41, 5.74) is 2.54. The summed E-state index contributed by atoms with van der Waals surface area (Å²) in [6.07, 6.45) is 3.27. The minimum Gasteiger partial charge on any atom is -0.480 e. The molecule has 0 radical (unpaired) electrons. The molecule has 0 saturated heterocycles. The number of nitrogens with one attached hydrogen (secondary N) is 1. The van der Waals surface area contributed by atoms with Crippen LogP contribution in [0.2, 0.25) is 0 Å². The average molecular weight is 317 g/mol. The van der Waals surface area contributed by atoms with Gasteiger partial charge in [0.25, 0.3) is 5.91 Å². The van der Waals surface area contributed by atoms with Gasteiger partial charge in [0.15, 0.2) is 11.9 Å². The van der Waals surface area contributed by atoms with Crippen LogP contribution >= 0.6 is 0 Å². The number of hydrogen-bond donors (Lipinski definition) is 1. The van der Waals surface area contributed by atoms with Gasteiger partial charge in [0.2, 0.25) is 0 Å². The largest absolute Gasteiger partial charge is 0.480 e. The Morgan fingerprint density at radius 2 is 1.71 bits per heavy atom. The van der Waals surface area contributed by atoms with Crippen molar-refractivity contribution in [2.75, 3.05) is 5.32 Å². The highest BCUT2D eigenvalue weighted by Crippen LogP contribution is 2.28. The highest BCUT2D eigenvalue weighted by molar-refractivity contribution is 5.94. The molecule has 3 aromatic rings. The molecule has 1 atom stereocenters. The Balaban J connectivity index is 1.44. The van der Waals surface area contributed by atoms with E-state index >= 15 is 0 Å². The van der Waals surface area contributed by atoms with Crippen molar-refractivity contribution in [1.82, 2.24) is 9.97 Å². The van der Waals surface area contributed by atoms with Crippen molar-refractivity contribution in [3.05, 3.63) is 72.6 Å². The predicted octanol–water partition coefficient (Wildman–Crippen LogP) is 3.09. The van der Waals surface area contributed by atoms with Crippen LogP contribution in [0.1, 0.15) is 5.56 Å². The van der Waals surface area contributed by atoms with E-state index in [1.54, 1.807) is 12.4 Å². The molecule has 5 nitrogen and oxygen atoms in total. The summed E-state index contributed by atoms with van der Waals surface area (Å²) in [6, 6.07) is 17.4. The minimum atomic E-state index is -0.517. The van der Waals surface area contributed by atoms with Crippen molar-refractivity contribution in [3.63, 3.8) is 0 Å². The zero-order valence-electron chi connectivity index (χ0n) is 12.8. The fourth-order valence-electron chi connectivity index (χ4n) is 2.68. The number of aromatic nitrogens is 2. The molecule has 0 saturated carbocycles. The van der Waals surface area contributed by atoms with Crippen LogP contribution in [0.15, 0.2) is 67.0 Å². The summed E-state index contributed by atoms with van der Waals surface area (Å²) in [4.78, 5) is 20.9. The molecule has 2 heterocycles. The van der Waals surface area contributed by atoms with E-state index in [0.717, 1.165) is 16.9 Å². The van der Waals surface area contributed by atoms with Crippen LogP contribution in [0.25, 0.3) is 11.4 Å². The lowest BCUT2D eigenvalue weighted by molar-refractivity contribution is -0.122. The molecule has 1 aliphatic rings. The first-order valence-electron chi connectivity index (χ1n) is 7.72. The molecule has 0 fully saturated rings. The summed E-state index contributed by atoms with van der Waals surface area (Å²) in [5.74, 6) is 1.20. The lowest BCUT2D eigenvalue weighted by Crippen LogP contribution is -2.31. The van der Waals surface area contributed by atoms with E-state index in [9.17, 15) is 4.79 Å². The fourth-order valence-corrected chi connectivity index (χ4v) is 2.68. The average Bonchev–Trinajstić information content (AvgIpc) is 3.07. The summed E-state index contributed by atoms with van der Waals surface area (Å²) in [7, 11) is 0. The van der Waals surface area contributed by atoms with Gasteiger partial charge in [0.1, 0.15) is 5.75 Å². The van der Waals surface area contributed by atoms with E-state index in [4.69, 9.17) is 4.74 Å². The normalized spacial score (nSPS) is 15.4. The van der Waals surface area contributed by atoms with Crippen LogP contribution in [0.5, 0.6) is 5.75 Å². The Labute approximate surface area is 139 Å². The van der Waals surface area contributed by atoms with Gasteiger partial charge in [-0.1, -0.05) is 48.5 Å². The van der Waals surface area contributed by atoms with Crippen molar-refractivity contribution in [2.45, 2.75) is 12.5 Å². The molecule has 5 heteroatoms. The molecule has 1 aliphatic heterocycles. The van der Waals surface area contributed by atoms with Gasteiger partial charge in [-0.25, -0.2) is 9.97 Å². The number of ether oxygens (including phenoxy) is 1. The minimum absolute atomic E-state index is 0.192. The quantitative estimate of drug-likeness (QED) is 0.806. The number of amides is 1. The maximum atomic E-state index is 12.3. The van der Waals surface area contributed by atoms with Crippen molar-refractivity contribution in [3.8, 4) is 17.1 Å². The van der Waals surface area contributed by atoms with Gasteiger partial charge in [-0.3, -0.25) is 4.79 Å².